The van der Waals surface area contributed by atoms with Crippen LogP contribution in [-0.2, 0) is 0 Å². The summed E-state index contributed by atoms with van der Waals surface area (Å²) >= 11 is 6.68. The summed E-state index contributed by atoms with van der Waals surface area (Å²) < 4.78 is 0.879. The van der Waals surface area contributed by atoms with Crippen molar-refractivity contribution in [2.24, 2.45) is 5.92 Å². The SMILES string of the molecule is C=CC[C@H](C(=S)SC)[C@H](O)CC. The van der Waals surface area contributed by atoms with Crippen LogP contribution in [0.25, 0.3) is 0 Å². The molecule has 0 spiro atoms. The minimum absolute atomic E-state index is 0.0949. The van der Waals surface area contributed by atoms with Crippen LogP contribution >= 0.6 is 24.0 Å². The summed E-state index contributed by atoms with van der Waals surface area (Å²) in [6.45, 7) is 5.62. The van der Waals surface area contributed by atoms with Crippen LogP contribution < -0.4 is 0 Å². The van der Waals surface area contributed by atoms with Gasteiger partial charge in [0.15, 0.2) is 0 Å². The summed E-state index contributed by atoms with van der Waals surface area (Å²) in [5.74, 6) is 0.0949. The zero-order chi connectivity index (χ0) is 9.56. The Balaban J connectivity index is 4.20. The fourth-order valence-electron chi connectivity index (χ4n) is 1.03. The van der Waals surface area contributed by atoms with Gasteiger partial charge in [0.1, 0.15) is 0 Å². The van der Waals surface area contributed by atoms with Crippen LogP contribution in [-0.4, -0.2) is 21.7 Å². The van der Waals surface area contributed by atoms with Crippen molar-refractivity contribution in [2.75, 3.05) is 6.26 Å². The predicted octanol–water partition coefficient (Wildman–Crippen LogP) is 2.64. The van der Waals surface area contributed by atoms with Crippen molar-refractivity contribution in [3.63, 3.8) is 0 Å². The van der Waals surface area contributed by atoms with Crippen LogP contribution in [0.2, 0.25) is 0 Å². The van der Waals surface area contributed by atoms with Crippen LogP contribution in [0.4, 0.5) is 0 Å². The second-order valence-electron chi connectivity index (χ2n) is 2.63. The maximum Gasteiger partial charge on any atom is 0.0622 e. The molecule has 0 aromatic rings. The Morgan fingerprint density at radius 1 is 1.75 bits per heavy atom. The Morgan fingerprint density at radius 3 is 2.67 bits per heavy atom. The largest absolute Gasteiger partial charge is 0.392 e. The van der Waals surface area contributed by atoms with Gasteiger partial charge in [-0.05, 0) is 19.1 Å². The van der Waals surface area contributed by atoms with Crippen molar-refractivity contribution in [1.82, 2.24) is 0 Å². The van der Waals surface area contributed by atoms with Gasteiger partial charge in [-0.1, -0.05) is 25.2 Å². The van der Waals surface area contributed by atoms with Crippen LogP contribution in [0.3, 0.4) is 0 Å². The summed E-state index contributed by atoms with van der Waals surface area (Å²) in [5.41, 5.74) is 0. The van der Waals surface area contributed by atoms with Gasteiger partial charge in [-0.2, -0.15) is 0 Å². The highest BCUT2D eigenvalue weighted by atomic mass is 32.2. The molecular formula is C9H16OS2. The average Bonchev–Trinajstić information content (AvgIpc) is 2.11. The maximum absolute atomic E-state index is 9.60. The van der Waals surface area contributed by atoms with Gasteiger partial charge in [-0.15, -0.1) is 18.3 Å². The van der Waals surface area contributed by atoms with Gasteiger partial charge >= 0.3 is 0 Å². The molecule has 0 unspecified atom stereocenters. The second-order valence-corrected chi connectivity index (χ2v) is 4.18. The van der Waals surface area contributed by atoms with E-state index in [4.69, 9.17) is 12.2 Å². The zero-order valence-electron chi connectivity index (χ0n) is 7.62. The maximum atomic E-state index is 9.60. The monoisotopic (exact) mass is 204 g/mol. The molecule has 0 radical (unpaired) electrons. The van der Waals surface area contributed by atoms with E-state index in [1.165, 1.54) is 0 Å². The number of thiocarbonyl (C=S) groups is 1. The first-order valence-electron chi connectivity index (χ1n) is 4.04. The number of allylic oxidation sites excluding steroid dienone is 1. The van der Waals surface area contributed by atoms with Crippen molar-refractivity contribution in [3.05, 3.63) is 12.7 Å². The van der Waals surface area contributed by atoms with E-state index in [0.717, 1.165) is 17.0 Å². The molecule has 3 heteroatoms. The predicted molar refractivity (Wildman–Crippen MR) is 60.7 cm³/mol. The Kier molecular flexibility index (Phi) is 6.71. The van der Waals surface area contributed by atoms with Crippen LogP contribution in [0, 0.1) is 5.92 Å². The summed E-state index contributed by atoms with van der Waals surface area (Å²) in [6, 6.07) is 0. The summed E-state index contributed by atoms with van der Waals surface area (Å²) in [6.07, 6.45) is 4.96. The average molecular weight is 204 g/mol. The quantitative estimate of drug-likeness (QED) is 0.549. The van der Waals surface area contributed by atoms with E-state index in [1.54, 1.807) is 11.8 Å². The minimum atomic E-state index is -0.317. The highest BCUT2D eigenvalue weighted by molar-refractivity contribution is 8.22. The van der Waals surface area contributed by atoms with Gasteiger partial charge < -0.3 is 5.11 Å². The Bertz CT molecular complexity index is 157. The molecule has 70 valence electrons. The molecule has 2 atom stereocenters. The Morgan fingerprint density at radius 2 is 2.33 bits per heavy atom. The first-order chi connectivity index (χ1) is 5.67. The fraction of sp³-hybridized carbons (Fsp3) is 0.667. The molecule has 0 heterocycles. The van der Waals surface area contributed by atoms with E-state index in [0.29, 0.717) is 0 Å². The third-order valence-corrected chi connectivity index (χ3v) is 3.32. The van der Waals surface area contributed by atoms with Crippen molar-refractivity contribution < 1.29 is 5.11 Å². The molecule has 0 fully saturated rings. The first-order valence-corrected chi connectivity index (χ1v) is 5.67. The van der Waals surface area contributed by atoms with Gasteiger partial charge in [0.2, 0.25) is 0 Å². The number of aliphatic hydroxyl groups is 1. The third-order valence-electron chi connectivity index (χ3n) is 1.81. The lowest BCUT2D eigenvalue weighted by Gasteiger charge is -2.19. The molecular weight excluding hydrogens is 188 g/mol. The van der Waals surface area contributed by atoms with Gasteiger partial charge in [0.05, 0.1) is 10.3 Å². The lowest BCUT2D eigenvalue weighted by atomic mass is 9.99. The summed E-state index contributed by atoms with van der Waals surface area (Å²) in [5, 5.41) is 9.60. The molecule has 0 aliphatic carbocycles. The topological polar surface area (TPSA) is 20.2 Å². The third kappa shape index (κ3) is 3.70. The summed E-state index contributed by atoms with van der Waals surface area (Å²) in [4.78, 5) is 0. The minimum Gasteiger partial charge on any atom is -0.392 e. The van der Waals surface area contributed by atoms with Crippen molar-refractivity contribution in [1.29, 1.82) is 0 Å². The molecule has 0 aromatic heterocycles. The standard InChI is InChI=1S/C9H16OS2/c1-4-6-7(8(10)5-2)9(11)12-3/h4,7-8,10H,1,5-6H2,2-3H3/t7-,8+/m0/s1. The highest BCUT2D eigenvalue weighted by Crippen LogP contribution is 2.20. The molecule has 1 N–H and O–H groups in total. The van der Waals surface area contributed by atoms with Crippen molar-refractivity contribution in [3.8, 4) is 0 Å². The van der Waals surface area contributed by atoms with Gasteiger partial charge in [0, 0.05) is 5.92 Å². The number of aliphatic hydroxyl groups excluding tert-OH is 1. The molecule has 0 amide bonds. The number of thioether (sulfide) groups is 1. The van der Waals surface area contributed by atoms with Crippen LogP contribution in [0.15, 0.2) is 12.7 Å². The summed E-state index contributed by atoms with van der Waals surface area (Å²) in [7, 11) is 0. The van der Waals surface area contributed by atoms with Crippen molar-refractivity contribution in [2.45, 2.75) is 25.9 Å². The normalized spacial score (nSPS) is 15.2. The Labute approximate surface area is 84.2 Å². The lowest BCUT2D eigenvalue weighted by molar-refractivity contribution is 0.137. The Hall–Kier alpha value is 0.140. The van der Waals surface area contributed by atoms with Crippen LogP contribution in [0.1, 0.15) is 19.8 Å². The second kappa shape index (κ2) is 6.63. The molecule has 0 saturated carbocycles. The smallest absolute Gasteiger partial charge is 0.0622 e. The molecule has 0 aromatic carbocycles. The van der Waals surface area contributed by atoms with Crippen LogP contribution in [0.5, 0.6) is 0 Å². The molecule has 12 heavy (non-hydrogen) atoms. The van der Waals surface area contributed by atoms with E-state index >= 15 is 0 Å². The molecule has 1 nitrogen and oxygen atoms in total. The molecule has 0 rings (SSSR count). The van der Waals surface area contributed by atoms with Gasteiger partial charge in [0.25, 0.3) is 0 Å². The van der Waals surface area contributed by atoms with E-state index in [2.05, 4.69) is 6.58 Å². The number of hydrogen-bond donors (Lipinski definition) is 1. The number of hydrogen-bond acceptors (Lipinski definition) is 3. The van der Waals surface area contributed by atoms with Crippen molar-refractivity contribution >= 4 is 28.2 Å². The van der Waals surface area contributed by atoms with E-state index in [9.17, 15) is 5.11 Å². The van der Waals surface area contributed by atoms with E-state index in [-0.39, 0.29) is 12.0 Å². The van der Waals surface area contributed by atoms with E-state index in [1.807, 2.05) is 19.3 Å². The first kappa shape index (κ1) is 12.1. The number of rotatable bonds is 5. The highest BCUT2D eigenvalue weighted by Gasteiger charge is 2.19. The van der Waals surface area contributed by atoms with Gasteiger partial charge in [-0.3, -0.25) is 0 Å². The van der Waals surface area contributed by atoms with E-state index < -0.39 is 0 Å². The molecule has 0 saturated heterocycles. The molecule has 0 bridgehead atoms. The van der Waals surface area contributed by atoms with Gasteiger partial charge in [-0.25, -0.2) is 0 Å². The lowest BCUT2D eigenvalue weighted by Crippen LogP contribution is -2.24. The molecule has 0 aliphatic heterocycles. The molecule has 0 aliphatic rings. The zero-order valence-corrected chi connectivity index (χ0v) is 9.25. The fourth-order valence-corrected chi connectivity index (χ4v) is 1.84.